The lowest BCUT2D eigenvalue weighted by Gasteiger charge is -2.14. The van der Waals surface area contributed by atoms with E-state index in [4.69, 9.17) is 14.6 Å². The largest absolute Gasteiger partial charge is 0.493 e. The molecule has 0 heterocycles. The molecule has 0 aromatic heterocycles. The average Bonchev–Trinajstić information content (AvgIpc) is 2.82. The topological polar surface area (TPSA) is 109 Å². The van der Waals surface area contributed by atoms with Gasteiger partial charge in [-0.2, -0.15) is 5.26 Å². The SMILES string of the molecule is COc1cc(/C=C(/C#N)C(=O)Nc2cccc(C(=O)O)c2)cc(I)c1OCc1ccccc1. The maximum absolute atomic E-state index is 12.6. The average molecular weight is 554 g/mol. The Morgan fingerprint density at radius 3 is 2.55 bits per heavy atom. The van der Waals surface area contributed by atoms with Gasteiger partial charge in [-0.1, -0.05) is 36.4 Å². The van der Waals surface area contributed by atoms with Crippen molar-refractivity contribution >= 4 is 46.2 Å². The van der Waals surface area contributed by atoms with E-state index >= 15 is 0 Å². The summed E-state index contributed by atoms with van der Waals surface area (Å²) in [5.74, 6) is -0.736. The molecule has 0 saturated heterocycles. The quantitative estimate of drug-likeness (QED) is 0.227. The summed E-state index contributed by atoms with van der Waals surface area (Å²) in [6.45, 7) is 0.365. The highest BCUT2D eigenvalue weighted by molar-refractivity contribution is 14.1. The first-order chi connectivity index (χ1) is 15.9. The molecular weight excluding hydrogens is 535 g/mol. The van der Waals surface area contributed by atoms with Crippen LogP contribution in [0.15, 0.2) is 72.3 Å². The van der Waals surface area contributed by atoms with E-state index in [0.717, 1.165) is 9.13 Å². The summed E-state index contributed by atoms with van der Waals surface area (Å²) in [5.41, 5.74) is 1.74. The number of hydrogen-bond acceptors (Lipinski definition) is 5. The monoisotopic (exact) mass is 554 g/mol. The van der Waals surface area contributed by atoms with Gasteiger partial charge in [0.25, 0.3) is 5.91 Å². The number of anilines is 1. The molecule has 0 spiro atoms. The van der Waals surface area contributed by atoms with E-state index in [1.54, 1.807) is 18.2 Å². The number of aromatic carboxylic acids is 1. The first-order valence-electron chi connectivity index (χ1n) is 9.72. The molecule has 0 fully saturated rings. The zero-order chi connectivity index (χ0) is 23.8. The number of methoxy groups -OCH3 is 1. The molecule has 0 aliphatic rings. The molecule has 33 heavy (non-hydrogen) atoms. The van der Waals surface area contributed by atoms with Gasteiger partial charge in [0.05, 0.1) is 16.2 Å². The van der Waals surface area contributed by atoms with Crippen LogP contribution in [-0.2, 0) is 11.4 Å². The van der Waals surface area contributed by atoms with Gasteiger partial charge in [-0.3, -0.25) is 4.79 Å². The summed E-state index contributed by atoms with van der Waals surface area (Å²) in [4.78, 5) is 23.7. The maximum Gasteiger partial charge on any atom is 0.335 e. The van der Waals surface area contributed by atoms with Crippen molar-refractivity contribution in [2.75, 3.05) is 12.4 Å². The molecule has 0 atom stereocenters. The van der Waals surface area contributed by atoms with E-state index in [-0.39, 0.29) is 16.8 Å². The third-order valence-corrected chi connectivity index (χ3v) is 5.32. The number of carboxylic acid groups (broad SMARTS) is 1. The van der Waals surface area contributed by atoms with Crippen LogP contribution in [0.2, 0.25) is 0 Å². The predicted octanol–water partition coefficient (Wildman–Crippen LogP) is 5.12. The Kier molecular flexibility index (Phi) is 8.05. The van der Waals surface area contributed by atoms with Crippen LogP contribution in [0.25, 0.3) is 6.08 Å². The van der Waals surface area contributed by atoms with Crippen molar-refractivity contribution in [3.63, 3.8) is 0 Å². The summed E-state index contributed by atoms with van der Waals surface area (Å²) in [6, 6.07) is 20.8. The number of carbonyl (C=O) groups excluding carboxylic acids is 1. The maximum atomic E-state index is 12.6. The number of rotatable bonds is 8. The highest BCUT2D eigenvalue weighted by atomic mass is 127. The second-order valence-electron chi connectivity index (χ2n) is 6.82. The first-order valence-corrected chi connectivity index (χ1v) is 10.8. The van der Waals surface area contributed by atoms with E-state index in [1.807, 2.05) is 36.4 Å². The number of benzene rings is 3. The number of hydrogen-bond donors (Lipinski definition) is 2. The molecule has 0 aliphatic carbocycles. The molecule has 0 aliphatic heterocycles. The van der Waals surface area contributed by atoms with Crippen molar-refractivity contribution in [3.05, 3.63) is 92.6 Å². The number of carbonyl (C=O) groups is 2. The highest BCUT2D eigenvalue weighted by Crippen LogP contribution is 2.35. The van der Waals surface area contributed by atoms with Crippen molar-refractivity contribution in [1.29, 1.82) is 5.26 Å². The lowest BCUT2D eigenvalue weighted by atomic mass is 10.1. The number of halogens is 1. The number of nitrogens with zero attached hydrogens (tertiary/aromatic N) is 1. The van der Waals surface area contributed by atoms with Gasteiger partial charge in [-0.25, -0.2) is 4.79 Å². The molecule has 3 aromatic carbocycles. The van der Waals surface area contributed by atoms with E-state index < -0.39 is 11.9 Å². The third kappa shape index (κ3) is 6.33. The number of amides is 1. The summed E-state index contributed by atoms with van der Waals surface area (Å²) in [5, 5.41) is 21.2. The van der Waals surface area contributed by atoms with Gasteiger partial charge in [0.2, 0.25) is 0 Å². The van der Waals surface area contributed by atoms with E-state index in [2.05, 4.69) is 27.9 Å². The fraction of sp³-hybridized carbons (Fsp3) is 0.0800. The Labute approximate surface area is 204 Å². The predicted molar refractivity (Wildman–Crippen MR) is 132 cm³/mol. The number of ether oxygens (including phenoxy) is 2. The van der Waals surface area contributed by atoms with Crippen molar-refractivity contribution < 1.29 is 24.2 Å². The minimum atomic E-state index is -1.11. The van der Waals surface area contributed by atoms with E-state index in [0.29, 0.717) is 23.7 Å². The minimum absolute atomic E-state index is 0.0284. The Bertz CT molecular complexity index is 1250. The van der Waals surface area contributed by atoms with E-state index in [9.17, 15) is 14.9 Å². The van der Waals surface area contributed by atoms with Crippen LogP contribution < -0.4 is 14.8 Å². The fourth-order valence-electron chi connectivity index (χ4n) is 2.94. The lowest BCUT2D eigenvalue weighted by molar-refractivity contribution is -0.112. The van der Waals surface area contributed by atoms with Crippen molar-refractivity contribution in [1.82, 2.24) is 0 Å². The molecule has 0 radical (unpaired) electrons. The molecule has 166 valence electrons. The molecule has 0 unspecified atom stereocenters. The van der Waals surface area contributed by atoms with Gasteiger partial charge in [0.15, 0.2) is 11.5 Å². The highest BCUT2D eigenvalue weighted by Gasteiger charge is 2.15. The van der Waals surface area contributed by atoms with Gasteiger partial charge < -0.3 is 19.9 Å². The fourth-order valence-corrected chi connectivity index (χ4v) is 3.72. The van der Waals surface area contributed by atoms with Crippen molar-refractivity contribution in [2.24, 2.45) is 0 Å². The summed E-state index contributed by atoms with van der Waals surface area (Å²) in [6.07, 6.45) is 1.43. The summed E-state index contributed by atoms with van der Waals surface area (Å²) >= 11 is 2.11. The first kappa shape index (κ1) is 23.8. The van der Waals surface area contributed by atoms with Gasteiger partial charge in [-0.15, -0.1) is 0 Å². The van der Waals surface area contributed by atoms with E-state index in [1.165, 1.54) is 31.4 Å². The zero-order valence-electron chi connectivity index (χ0n) is 17.5. The van der Waals surface area contributed by atoms with Crippen molar-refractivity contribution in [3.8, 4) is 17.6 Å². The molecule has 8 heteroatoms. The Balaban J connectivity index is 1.82. The molecule has 3 rings (SSSR count). The zero-order valence-corrected chi connectivity index (χ0v) is 19.7. The van der Waals surface area contributed by atoms with Crippen LogP contribution in [0.1, 0.15) is 21.5 Å². The number of carboxylic acids is 1. The molecule has 0 bridgehead atoms. The van der Waals surface area contributed by atoms with Crippen LogP contribution in [0.3, 0.4) is 0 Å². The summed E-state index contributed by atoms with van der Waals surface area (Å²) in [7, 11) is 1.52. The van der Waals surface area contributed by atoms with Gasteiger partial charge >= 0.3 is 5.97 Å². The Morgan fingerprint density at radius 1 is 1.12 bits per heavy atom. The Hall–Kier alpha value is -3.84. The molecule has 3 aromatic rings. The van der Waals surface area contributed by atoms with Crippen LogP contribution >= 0.6 is 22.6 Å². The van der Waals surface area contributed by atoms with Gasteiger partial charge in [-0.05, 0) is 70.1 Å². The van der Waals surface area contributed by atoms with Gasteiger partial charge in [0, 0.05) is 5.69 Å². The standard InChI is InChI=1S/C25H19IN2O5/c1-32-22-12-17(11-21(26)23(22)33-15-16-6-3-2-4-7-16)10-19(14-27)24(29)28-20-9-5-8-18(13-20)25(30)31/h2-13H,15H2,1H3,(H,28,29)(H,30,31)/b19-10-. The summed E-state index contributed by atoms with van der Waals surface area (Å²) < 4.78 is 12.2. The van der Waals surface area contributed by atoms with Crippen LogP contribution in [0.4, 0.5) is 5.69 Å². The molecule has 7 nitrogen and oxygen atoms in total. The van der Waals surface area contributed by atoms with Crippen LogP contribution in [-0.4, -0.2) is 24.1 Å². The molecule has 0 saturated carbocycles. The third-order valence-electron chi connectivity index (χ3n) is 4.52. The smallest absolute Gasteiger partial charge is 0.335 e. The number of nitrogens with one attached hydrogen (secondary N) is 1. The second kappa shape index (κ2) is 11.2. The number of nitriles is 1. The normalized spacial score (nSPS) is 10.8. The molecule has 1 amide bonds. The van der Waals surface area contributed by atoms with Gasteiger partial charge in [0.1, 0.15) is 18.2 Å². The molecular formula is C25H19IN2O5. The van der Waals surface area contributed by atoms with Crippen LogP contribution in [0, 0.1) is 14.9 Å². The van der Waals surface area contributed by atoms with Crippen molar-refractivity contribution in [2.45, 2.75) is 6.61 Å². The second-order valence-corrected chi connectivity index (χ2v) is 7.98. The Morgan fingerprint density at radius 2 is 1.88 bits per heavy atom. The van der Waals surface area contributed by atoms with Crippen LogP contribution in [0.5, 0.6) is 11.5 Å². The molecule has 2 N–H and O–H groups in total. The lowest BCUT2D eigenvalue weighted by Crippen LogP contribution is -2.14. The minimum Gasteiger partial charge on any atom is -0.493 e.